The van der Waals surface area contributed by atoms with Gasteiger partial charge >= 0.3 is 13.8 Å². The zero-order chi connectivity index (χ0) is 49.1. The first kappa shape index (κ1) is 64.4. The summed E-state index contributed by atoms with van der Waals surface area (Å²) in [4.78, 5) is 23.3. The van der Waals surface area contributed by atoms with Crippen molar-refractivity contribution in [3.8, 4) is 0 Å². The number of phosphoric ester groups is 1. The average Bonchev–Trinajstić information content (AvgIpc) is 3.31. The third kappa shape index (κ3) is 36.9. The molecule has 1 aliphatic carbocycles. The Kier molecular flexibility index (Phi) is 43.4. The first-order valence-corrected chi connectivity index (χ1v) is 29.9. The van der Waals surface area contributed by atoms with E-state index in [1.807, 2.05) is 0 Å². The van der Waals surface area contributed by atoms with E-state index in [0.717, 1.165) is 38.5 Å². The van der Waals surface area contributed by atoms with E-state index in [2.05, 4.69) is 13.8 Å². The highest BCUT2D eigenvalue weighted by Crippen LogP contribution is 2.47. The van der Waals surface area contributed by atoms with Gasteiger partial charge in [-0.15, -0.1) is 0 Å². The number of esters is 1. The van der Waals surface area contributed by atoms with E-state index in [1.165, 1.54) is 212 Å². The van der Waals surface area contributed by atoms with E-state index in [9.17, 15) is 39.8 Å². The smallest absolute Gasteiger partial charge is 0.457 e. The highest BCUT2D eigenvalue weighted by atomic mass is 31.2. The standard InChI is InChI=1S/C54H107O12P/c1-3-5-7-9-11-13-15-17-19-21-23-24-25-27-29-31-33-35-37-39-41-43-48(55)65-47(46-64-67(61,62)66-54-52(59)50(57)49(56)51(58)53(54)60)45-63-44-42-40-38-36-34-32-30-28-26-22-20-18-16-14-12-10-8-6-4-2/h47,49-54,56-60H,3-46H2,1-2H3,(H,61,62). The quantitative estimate of drug-likeness (QED) is 0.0192. The maximum absolute atomic E-state index is 12.9. The fourth-order valence-corrected chi connectivity index (χ4v) is 10.2. The van der Waals surface area contributed by atoms with Crippen LogP contribution in [0.25, 0.3) is 0 Å². The maximum Gasteiger partial charge on any atom is 0.472 e. The van der Waals surface area contributed by atoms with Gasteiger partial charge in [0.15, 0.2) is 0 Å². The molecule has 6 N–H and O–H groups in total. The summed E-state index contributed by atoms with van der Waals surface area (Å²) < 4.78 is 34.4. The largest absolute Gasteiger partial charge is 0.472 e. The fourth-order valence-electron chi connectivity index (χ4n) is 9.24. The Balaban J connectivity index is 2.27. The summed E-state index contributed by atoms with van der Waals surface area (Å²) in [5.41, 5.74) is 0. The number of carbonyl (C=O) groups is 1. The molecule has 1 aliphatic rings. The van der Waals surface area contributed by atoms with Gasteiger partial charge in [-0.1, -0.05) is 258 Å². The van der Waals surface area contributed by atoms with Crippen LogP contribution in [0.4, 0.5) is 0 Å². The zero-order valence-corrected chi connectivity index (χ0v) is 44.1. The molecule has 0 amide bonds. The molecule has 13 heteroatoms. The highest BCUT2D eigenvalue weighted by molar-refractivity contribution is 7.47. The molecule has 0 radical (unpaired) electrons. The number of aliphatic hydroxyl groups excluding tert-OH is 5. The van der Waals surface area contributed by atoms with Crippen LogP contribution in [0.5, 0.6) is 0 Å². The number of hydrogen-bond acceptors (Lipinski definition) is 11. The predicted molar refractivity (Wildman–Crippen MR) is 272 cm³/mol. The number of carbonyl (C=O) groups excluding carboxylic acids is 1. The van der Waals surface area contributed by atoms with Gasteiger partial charge in [-0.3, -0.25) is 13.8 Å². The average molecular weight is 979 g/mol. The van der Waals surface area contributed by atoms with E-state index >= 15 is 0 Å². The summed E-state index contributed by atoms with van der Waals surface area (Å²) in [6.45, 7) is 4.34. The Hall–Kier alpha value is -0.660. The minimum Gasteiger partial charge on any atom is -0.457 e. The summed E-state index contributed by atoms with van der Waals surface area (Å²) in [5, 5.41) is 50.4. The van der Waals surface area contributed by atoms with Crippen molar-refractivity contribution < 1.29 is 58.3 Å². The number of ether oxygens (including phenoxy) is 2. The lowest BCUT2D eigenvalue weighted by Gasteiger charge is -2.41. The number of rotatable bonds is 50. The molecule has 1 fully saturated rings. The third-order valence-corrected chi connectivity index (χ3v) is 14.7. The first-order chi connectivity index (χ1) is 32.5. The van der Waals surface area contributed by atoms with Gasteiger partial charge in [0, 0.05) is 13.0 Å². The van der Waals surface area contributed by atoms with Crippen LogP contribution in [-0.4, -0.2) is 98.9 Å². The summed E-state index contributed by atoms with van der Waals surface area (Å²) in [6, 6.07) is 0. The van der Waals surface area contributed by atoms with E-state index in [1.54, 1.807) is 0 Å². The van der Waals surface area contributed by atoms with Gasteiger partial charge in [-0.05, 0) is 12.8 Å². The molecule has 67 heavy (non-hydrogen) atoms. The van der Waals surface area contributed by atoms with Crippen molar-refractivity contribution in [2.24, 2.45) is 0 Å². The van der Waals surface area contributed by atoms with Crippen molar-refractivity contribution in [2.75, 3.05) is 19.8 Å². The minimum absolute atomic E-state index is 0.0671. The molecule has 0 spiro atoms. The monoisotopic (exact) mass is 979 g/mol. The molecular formula is C54H107O12P. The van der Waals surface area contributed by atoms with E-state index in [0.29, 0.717) is 13.0 Å². The second kappa shape index (κ2) is 45.2. The molecule has 1 saturated carbocycles. The molecule has 0 saturated heterocycles. The van der Waals surface area contributed by atoms with Crippen LogP contribution in [0, 0.1) is 0 Å². The lowest BCUT2D eigenvalue weighted by atomic mass is 9.85. The molecule has 0 aromatic rings. The van der Waals surface area contributed by atoms with Crippen molar-refractivity contribution in [1.29, 1.82) is 0 Å². The predicted octanol–water partition coefficient (Wildman–Crippen LogP) is 13.3. The second-order valence-electron chi connectivity index (χ2n) is 20.2. The zero-order valence-electron chi connectivity index (χ0n) is 43.2. The van der Waals surface area contributed by atoms with Crippen LogP contribution in [0.3, 0.4) is 0 Å². The Morgan fingerprint density at radius 2 is 0.701 bits per heavy atom. The molecule has 0 aromatic carbocycles. The normalized spacial score (nSPS) is 21.1. The first-order valence-electron chi connectivity index (χ1n) is 28.4. The fraction of sp³-hybridized carbons (Fsp3) is 0.981. The lowest BCUT2D eigenvalue weighted by molar-refractivity contribution is -0.220. The van der Waals surface area contributed by atoms with Gasteiger partial charge < -0.3 is 39.9 Å². The highest BCUT2D eigenvalue weighted by Gasteiger charge is 2.51. The van der Waals surface area contributed by atoms with E-state index < -0.39 is 63.1 Å². The molecule has 6 unspecified atom stereocenters. The third-order valence-electron chi connectivity index (χ3n) is 13.7. The Bertz CT molecular complexity index is 1120. The van der Waals surface area contributed by atoms with Crippen LogP contribution in [0.1, 0.15) is 277 Å². The van der Waals surface area contributed by atoms with Gasteiger partial charge in [0.2, 0.25) is 0 Å². The van der Waals surface area contributed by atoms with Crippen molar-refractivity contribution in [2.45, 2.75) is 320 Å². The number of aliphatic hydroxyl groups is 5. The van der Waals surface area contributed by atoms with Gasteiger partial charge in [-0.2, -0.15) is 0 Å². The van der Waals surface area contributed by atoms with Crippen LogP contribution in [-0.2, 0) is 27.9 Å². The Morgan fingerprint density at radius 1 is 0.418 bits per heavy atom. The lowest BCUT2D eigenvalue weighted by Crippen LogP contribution is -2.64. The van der Waals surface area contributed by atoms with Crippen LogP contribution in [0.2, 0.25) is 0 Å². The van der Waals surface area contributed by atoms with E-state index in [-0.39, 0.29) is 13.0 Å². The maximum atomic E-state index is 12.9. The molecule has 6 atom stereocenters. The Morgan fingerprint density at radius 3 is 1.03 bits per heavy atom. The topological polar surface area (TPSA) is 192 Å². The molecule has 0 bridgehead atoms. The Labute approximate surface area is 410 Å². The number of unbranched alkanes of at least 4 members (excludes halogenated alkanes) is 38. The molecule has 0 heterocycles. The summed E-state index contributed by atoms with van der Waals surface area (Å²) in [7, 11) is -5.02. The molecule has 12 nitrogen and oxygen atoms in total. The van der Waals surface area contributed by atoms with Crippen molar-refractivity contribution in [3.05, 3.63) is 0 Å². The van der Waals surface area contributed by atoms with Crippen molar-refractivity contribution >= 4 is 13.8 Å². The number of phosphoric acid groups is 1. The van der Waals surface area contributed by atoms with Crippen LogP contribution < -0.4 is 0 Å². The molecular weight excluding hydrogens is 872 g/mol. The van der Waals surface area contributed by atoms with Gasteiger partial charge in [0.05, 0.1) is 13.2 Å². The molecule has 0 aromatic heterocycles. The molecule has 400 valence electrons. The van der Waals surface area contributed by atoms with Crippen LogP contribution in [0.15, 0.2) is 0 Å². The van der Waals surface area contributed by atoms with Crippen LogP contribution >= 0.6 is 7.82 Å². The molecule has 0 aliphatic heterocycles. The molecule has 1 rings (SSSR count). The second-order valence-corrected chi connectivity index (χ2v) is 21.6. The summed E-state index contributed by atoms with van der Waals surface area (Å²) in [6.07, 6.45) is 38.9. The van der Waals surface area contributed by atoms with Crippen molar-refractivity contribution in [3.63, 3.8) is 0 Å². The van der Waals surface area contributed by atoms with Gasteiger partial charge in [0.1, 0.15) is 42.7 Å². The van der Waals surface area contributed by atoms with Gasteiger partial charge in [-0.25, -0.2) is 4.57 Å². The minimum atomic E-state index is -5.02. The van der Waals surface area contributed by atoms with Gasteiger partial charge in [0.25, 0.3) is 0 Å². The number of hydrogen-bond donors (Lipinski definition) is 6. The van der Waals surface area contributed by atoms with E-state index in [4.69, 9.17) is 18.5 Å². The van der Waals surface area contributed by atoms with Crippen molar-refractivity contribution in [1.82, 2.24) is 0 Å². The summed E-state index contributed by atoms with van der Waals surface area (Å²) >= 11 is 0. The summed E-state index contributed by atoms with van der Waals surface area (Å²) in [5.74, 6) is -0.467. The SMILES string of the molecule is CCCCCCCCCCCCCCCCCCCCCCCC(=O)OC(COCCCCCCCCCCCCCCCCCCCCC)COP(=O)(O)OC1C(O)C(O)C(O)C(O)C1O.